The van der Waals surface area contributed by atoms with Gasteiger partial charge in [0.15, 0.2) is 22.1 Å². The van der Waals surface area contributed by atoms with Gasteiger partial charge < -0.3 is 14.2 Å². The monoisotopic (exact) mass is 736 g/mol. The molecule has 3 aromatic carbocycles. The molecule has 0 saturated heterocycles. The molecule has 0 spiro atoms. The van der Waals surface area contributed by atoms with Gasteiger partial charge in [-0.1, -0.05) is 46.7 Å². The van der Waals surface area contributed by atoms with Crippen molar-refractivity contribution in [2.75, 3.05) is 13.4 Å². The smallest absolute Gasteiger partial charge is 0.338 e. The van der Waals surface area contributed by atoms with Gasteiger partial charge in [0.25, 0.3) is 11.2 Å². The van der Waals surface area contributed by atoms with Gasteiger partial charge in [0, 0.05) is 16.7 Å². The molecule has 49 heavy (non-hydrogen) atoms. The number of hydrogen-bond acceptors (Lipinski definition) is 12. The van der Waals surface area contributed by atoms with Gasteiger partial charge in [-0.25, -0.2) is 14.8 Å². The van der Waals surface area contributed by atoms with Gasteiger partial charge >= 0.3 is 5.97 Å². The second kappa shape index (κ2) is 13.2. The summed E-state index contributed by atoms with van der Waals surface area (Å²) in [6, 6.07) is 13.9. The maximum atomic E-state index is 14.0. The number of carbonyl (C=O) groups is 1. The molecule has 13 nitrogen and oxygen atoms in total. The Hall–Kier alpha value is -4.96. The van der Waals surface area contributed by atoms with Crippen LogP contribution in [0, 0.1) is 10.1 Å². The summed E-state index contributed by atoms with van der Waals surface area (Å²) in [5.74, 6) is 0.809. The first kappa shape index (κ1) is 32.6. The molecular weight excluding hydrogens is 715 g/mol. The first-order valence-electron chi connectivity index (χ1n) is 14.5. The summed E-state index contributed by atoms with van der Waals surface area (Å²) in [7, 11) is 0. The number of halogens is 2. The number of thiazole rings is 1. The maximum absolute atomic E-state index is 14.0. The third kappa shape index (κ3) is 6.21. The average Bonchev–Trinajstić information content (AvgIpc) is 3.80. The van der Waals surface area contributed by atoms with Crippen molar-refractivity contribution in [2.45, 2.75) is 29.9 Å². The van der Waals surface area contributed by atoms with Crippen LogP contribution in [-0.4, -0.2) is 44.0 Å². The predicted octanol–water partition coefficient (Wildman–Crippen LogP) is 5.68. The molecule has 5 aromatic rings. The van der Waals surface area contributed by atoms with Gasteiger partial charge in [-0.05, 0) is 79.2 Å². The van der Waals surface area contributed by atoms with Gasteiger partial charge in [0.05, 0.1) is 43.3 Å². The Bertz CT molecular complexity index is 2400. The quantitative estimate of drug-likeness (QED) is 0.119. The number of aromatic nitrogens is 4. The fourth-order valence-electron chi connectivity index (χ4n) is 5.39. The number of rotatable bonds is 8. The molecule has 1 atom stereocenters. The van der Waals surface area contributed by atoms with E-state index < -0.39 is 22.5 Å². The van der Waals surface area contributed by atoms with Crippen LogP contribution in [0.3, 0.4) is 0 Å². The minimum absolute atomic E-state index is 0.0576. The molecule has 0 saturated carbocycles. The Labute approximate surface area is 294 Å². The van der Waals surface area contributed by atoms with E-state index >= 15 is 0 Å². The number of H-pyrrole nitrogens is 1. The number of esters is 1. The van der Waals surface area contributed by atoms with Crippen molar-refractivity contribution in [1.82, 2.24) is 19.7 Å². The SMILES string of the molecule is CCOC(=O)C1=C(C)N=c2s/c(=C/c3ccc(Sc4n[nH]c(-c5ccc(Cl)cc5Cl)n4)c([N+](=O)[O-])c3)c(=O)n2[C@@H]1c1ccc2c(c1)OCO2. The lowest BCUT2D eigenvalue weighted by atomic mass is 9.95. The van der Waals surface area contributed by atoms with Gasteiger partial charge in [0.2, 0.25) is 11.9 Å². The topological polar surface area (TPSA) is 164 Å². The van der Waals surface area contributed by atoms with Gasteiger partial charge in [0.1, 0.15) is 0 Å². The van der Waals surface area contributed by atoms with Crippen LogP contribution in [-0.2, 0) is 9.53 Å². The molecule has 4 heterocycles. The Morgan fingerprint density at radius 1 is 1.18 bits per heavy atom. The minimum Gasteiger partial charge on any atom is -0.463 e. The third-order valence-electron chi connectivity index (χ3n) is 7.56. The van der Waals surface area contributed by atoms with Crippen LogP contribution in [0.15, 0.2) is 85.7 Å². The number of nitro groups is 1. The highest BCUT2D eigenvalue weighted by molar-refractivity contribution is 7.99. The van der Waals surface area contributed by atoms with E-state index in [4.69, 9.17) is 37.4 Å². The first-order chi connectivity index (χ1) is 23.6. The van der Waals surface area contributed by atoms with Crippen LogP contribution >= 0.6 is 46.3 Å². The van der Waals surface area contributed by atoms with Gasteiger partial charge in [-0.15, -0.1) is 5.10 Å². The molecule has 248 valence electrons. The summed E-state index contributed by atoms with van der Waals surface area (Å²) in [5, 5.41) is 20.2. The average molecular weight is 738 g/mol. The lowest BCUT2D eigenvalue weighted by Crippen LogP contribution is -2.39. The molecule has 1 N–H and O–H groups in total. The van der Waals surface area contributed by atoms with Crippen molar-refractivity contribution in [3.8, 4) is 22.9 Å². The number of nitro benzene ring substituents is 1. The third-order valence-corrected chi connectivity index (χ3v) is 10.0. The molecule has 2 aromatic heterocycles. The van der Waals surface area contributed by atoms with Crippen LogP contribution in [0.1, 0.15) is 31.0 Å². The highest BCUT2D eigenvalue weighted by atomic mass is 35.5. The molecule has 2 aliphatic heterocycles. The minimum atomic E-state index is -0.867. The molecule has 2 aliphatic rings. The highest BCUT2D eigenvalue weighted by Gasteiger charge is 2.34. The number of allylic oxidation sites excluding steroid dienone is 1. The molecule has 0 fully saturated rings. The number of benzene rings is 3. The zero-order chi connectivity index (χ0) is 34.4. The standard InChI is InChI=1S/C32H22Cl2N6O7S2/c1-3-45-30(42)26-15(2)35-32-39(27(26)17-5-8-22-23(12-17)47-14-46-22)29(41)25(49-32)11-16-4-9-24(21(10-16)40(43)44)48-31-36-28(37-38-31)19-7-6-18(33)13-20(19)34/h4-13,27H,3,14H2,1-2H3,(H,36,37,38)/b25-11+/t27-/m1/s1. The summed E-state index contributed by atoms with van der Waals surface area (Å²) in [5.41, 5.74) is 1.55. The molecule has 0 bridgehead atoms. The van der Waals surface area contributed by atoms with E-state index in [1.807, 2.05) is 0 Å². The lowest BCUT2D eigenvalue weighted by Gasteiger charge is -2.24. The van der Waals surface area contributed by atoms with Crippen molar-refractivity contribution in [3.63, 3.8) is 0 Å². The normalized spacial score (nSPS) is 15.3. The summed E-state index contributed by atoms with van der Waals surface area (Å²) in [6.45, 7) is 3.57. The van der Waals surface area contributed by atoms with Crippen molar-refractivity contribution < 1.29 is 23.9 Å². The molecule has 0 amide bonds. The molecule has 0 radical (unpaired) electrons. The molecular formula is C32H22Cl2N6O7S2. The fourth-order valence-corrected chi connectivity index (χ4v) is 7.73. The van der Waals surface area contributed by atoms with E-state index in [9.17, 15) is 19.7 Å². The number of ether oxygens (including phenoxy) is 3. The zero-order valence-electron chi connectivity index (χ0n) is 25.4. The van der Waals surface area contributed by atoms with E-state index in [1.54, 1.807) is 68.5 Å². The molecule has 7 rings (SSSR count). The van der Waals surface area contributed by atoms with Crippen molar-refractivity contribution in [1.29, 1.82) is 0 Å². The predicted molar refractivity (Wildman–Crippen MR) is 182 cm³/mol. The summed E-state index contributed by atoms with van der Waals surface area (Å²) in [6.07, 6.45) is 1.55. The Morgan fingerprint density at radius 2 is 2.00 bits per heavy atom. The van der Waals surface area contributed by atoms with E-state index in [0.29, 0.717) is 54.6 Å². The van der Waals surface area contributed by atoms with Crippen LogP contribution in [0.5, 0.6) is 11.5 Å². The highest BCUT2D eigenvalue weighted by Crippen LogP contribution is 2.39. The number of fused-ring (bicyclic) bond motifs is 2. The molecule has 0 unspecified atom stereocenters. The molecule has 17 heteroatoms. The van der Waals surface area contributed by atoms with Crippen LogP contribution < -0.4 is 24.4 Å². The first-order valence-corrected chi connectivity index (χ1v) is 16.9. The number of carbonyl (C=O) groups excluding carboxylic acids is 1. The number of aromatic amines is 1. The van der Waals surface area contributed by atoms with Crippen molar-refractivity contribution in [2.24, 2.45) is 4.99 Å². The van der Waals surface area contributed by atoms with Crippen LogP contribution in [0.4, 0.5) is 5.69 Å². The molecule has 0 aliphatic carbocycles. The van der Waals surface area contributed by atoms with Crippen LogP contribution in [0.25, 0.3) is 17.5 Å². The number of nitrogens with one attached hydrogen (secondary N) is 1. The fraction of sp³-hybridized carbons (Fsp3) is 0.156. The summed E-state index contributed by atoms with van der Waals surface area (Å²) < 4.78 is 18.1. The second-order valence-corrected chi connectivity index (χ2v) is 13.5. The number of nitrogens with zero attached hydrogens (tertiary/aromatic N) is 5. The number of hydrogen-bond donors (Lipinski definition) is 1. The van der Waals surface area contributed by atoms with Gasteiger partial charge in [-0.2, -0.15) is 0 Å². The van der Waals surface area contributed by atoms with E-state index in [2.05, 4.69) is 20.2 Å². The Kier molecular flexibility index (Phi) is 8.75. The summed E-state index contributed by atoms with van der Waals surface area (Å²) in [4.78, 5) is 48.5. The Morgan fingerprint density at radius 3 is 2.78 bits per heavy atom. The lowest BCUT2D eigenvalue weighted by molar-refractivity contribution is -0.387. The largest absolute Gasteiger partial charge is 0.463 e. The van der Waals surface area contributed by atoms with Crippen LogP contribution in [0.2, 0.25) is 10.0 Å². The van der Waals surface area contributed by atoms with E-state index in [0.717, 1.165) is 23.1 Å². The van der Waals surface area contributed by atoms with Gasteiger partial charge in [-0.3, -0.25) is 24.6 Å². The zero-order valence-corrected chi connectivity index (χ0v) is 28.6. The van der Waals surface area contributed by atoms with Crippen molar-refractivity contribution in [3.05, 3.63) is 117 Å². The van der Waals surface area contributed by atoms with Crippen molar-refractivity contribution >= 4 is 64.0 Å². The van der Waals surface area contributed by atoms with E-state index in [-0.39, 0.29) is 39.2 Å². The summed E-state index contributed by atoms with van der Waals surface area (Å²) >= 11 is 14.4. The second-order valence-electron chi connectivity index (χ2n) is 10.6. The maximum Gasteiger partial charge on any atom is 0.338 e. The Balaban J connectivity index is 1.26. The van der Waals surface area contributed by atoms with E-state index in [1.165, 1.54) is 10.6 Å².